The molecular weight excluding hydrogens is 395 g/mol. The van der Waals surface area contributed by atoms with Crippen LogP contribution in [0.5, 0.6) is 0 Å². The number of nitrogens with one attached hydrogen (secondary N) is 1. The van der Waals surface area contributed by atoms with Crippen LogP contribution >= 0.6 is 0 Å². The number of aryl methyl sites for hydroxylation is 2. The number of amides is 2. The number of rotatable bonds is 7. The van der Waals surface area contributed by atoms with Crippen LogP contribution in [-0.2, 0) is 16.1 Å². The van der Waals surface area contributed by atoms with E-state index in [4.69, 9.17) is 0 Å². The fraction of sp³-hybridized carbons (Fsp3) is 0.417. The Morgan fingerprint density at radius 2 is 1.48 bits per heavy atom. The second-order valence-corrected chi connectivity index (χ2v) is 8.24. The largest absolute Gasteiger partial charge is 0.340 e. The Morgan fingerprint density at radius 1 is 0.935 bits per heavy atom. The molecule has 166 valence electrons. The molecule has 0 spiro atoms. The SMILES string of the molecule is Cc1cccc(C)c1NC(=O)CN1CCN(CC(=O)N(C)Cc2ccc(F)cc2)CC1. The molecule has 31 heavy (non-hydrogen) atoms. The maximum atomic E-state index is 13.0. The van der Waals surface area contributed by atoms with E-state index in [1.807, 2.05) is 32.0 Å². The third-order valence-corrected chi connectivity index (χ3v) is 5.70. The monoisotopic (exact) mass is 426 g/mol. The van der Waals surface area contributed by atoms with Gasteiger partial charge in [0.1, 0.15) is 5.82 Å². The van der Waals surface area contributed by atoms with Crippen LogP contribution in [0.15, 0.2) is 42.5 Å². The molecule has 0 bridgehead atoms. The van der Waals surface area contributed by atoms with Crippen molar-refractivity contribution in [3.05, 3.63) is 65.0 Å². The van der Waals surface area contributed by atoms with Crippen molar-refractivity contribution in [2.45, 2.75) is 20.4 Å². The highest BCUT2D eigenvalue weighted by Gasteiger charge is 2.22. The van der Waals surface area contributed by atoms with Crippen molar-refractivity contribution in [1.29, 1.82) is 0 Å². The highest BCUT2D eigenvalue weighted by atomic mass is 19.1. The smallest absolute Gasteiger partial charge is 0.238 e. The first-order valence-electron chi connectivity index (χ1n) is 10.6. The molecule has 0 unspecified atom stereocenters. The lowest BCUT2D eigenvalue weighted by Gasteiger charge is -2.34. The zero-order valence-electron chi connectivity index (χ0n) is 18.5. The average molecular weight is 427 g/mol. The predicted octanol–water partition coefficient (Wildman–Crippen LogP) is 2.66. The van der Waals surface area contributed by atoms with Gasteiger partial charge in [0.05, 0.1) is 13.1 Å². The van der Waals surface area contributed by atoms with Crippen molar-refractivity contribution in [2.24, 2.45) is 0 Å². The Kier molecular flexibility index (Phi) is 7.76. The van der Waals surface area contributed by atoms with Crippen LogP contribution in [0.25, 0.3) is 0 Å². The number of carbonyl (C=O) groups excluding carboxylic acids is 2. The van der Waals surface area contributed by atoms with Gasteiger partial charge in [-0.1, -0.05) is 30.3 Å². The number of hydrogen-bond acceptors (Lipinski definition) is 4. The Labute approximate surface area is 183 Å². The summed E-state index contributed by atoms with van der Waals surface area (Å²) in [4.78, 5) is 30.9. The first-order valence-corrected chi connectivity index (χ1v) is 10.6. The zero-order chi connectivity index (χ0) is 22.4. The quantitative estimate of drug-likeness (QED) is 0.740. The highest BCUT2D eigenvalue weighted by molar-refractivity contribution is 5.93. The Morgan fingerprint density at radius 3 is 2.06 bits per heavy atom. The number of nitrogens with zero attached hydrogens (tertiary/aromatic N) is 3. The molecule has 0 atom stereocenters. The van der Waals surface area contributed by atoms with E-state index < -0.39 is 0 Å². The molecule has 1 aliphatic rings. The number of piperazine rings is 1. The highest BCUT2D eigenvalue weighted by Crippen LogP contribution is 2.19. The van der Waals surface area contributed by atoms with Crippen LogP contribution in [0.1, 0.15) is 16.7 Å². The molecule has 6 nitrogen and oxygen atoms in total. The zero-order valence-corrected chi connectivity index (χ0v) is 18.5. The fourth-order valence-electron chi connectivity index (χ4n) is 3.76. The topological polar surface area (TPSA) is 55.9 Å². The van der Waals surface area contributed by atoms with Crippen molar-refractivity contribution in [2.75, 3.05) is 51.6 Å². The van der Waals surface area contributed by atoms with Crippen LogP contribution in [0.3, 0.4) is 0 Å². The van der Waals surface area contributed by atoms with Crippen molar-refractivity contribution < 1.29 is 14.0 Å². The summed E-state index contributed by atoms with van der Waals surface area (Å²) in [6, 6.07) is 12.2. The Hall–Kier alpha value is -2.77. The van der Waals surface area contributed by atoms with Gasteiger partial charge < -0.3 is 10.2 Å². The van der Waals surface area contributed by atoms with E-state index in [2.05, 4.69) is 15.1 Å². The normalized spacial score (nSPS) is 15.0. The van der Waals surface area contributed by atoms with E-state index in [9.17, 15) is 14.0 Å². The number of anilines is 1. The summed E-state index contributed by atoms with van der Waals surface area (Å²) >= 11 is 0. The molecule has 1 N–H and O–H groups in total. The molecule has 1 aliphatic heterocycles. The van der Waals surface area contributed by atoms with E-state index in [0.717, 1.165) is 48.6 Å². The van der Waals surface area contributed by atoms with Crippen LogP contribution in [0, 0.1) is 19.7 Å². The van der Waals surface area contributed by atoms with Crippen LogP contribution in [0.4, 0.5) is 10.1 Å². The maximum Gasteiger partial charge on any atom is 0.238 e. The molecule has 1 saturated heterocycles. The second kappa shape index (κ2) is 10.5. The number of benzene rings is 2. The molecule has 1 heterocycles. The molecule has 2 amide bonds. The predicted molar refractivity (Wildman–Crippen MR) is 120 cm³/mol. The molecule has 0 aliphatic carbocycles. The van der Waals surface area contributed by atoms with E-state index in [1.165, 1.54) is 12.1 Å². The van der Waals surface area contributed by atoms with Crippen molar-refractivity contribution in [3.8, 4) is 0 Å². The first kappa shape index (κ1) is 22.9. The molecule has 2 aromatic carbocycles. The molecule has 0 saturated carbocycles. The standard InChI is InChI=1S/C24H31FN4O2/c1-18-5-4-6-19(2)24(18)26-22(30)16-28-11-13-29(14-12-28)17-23(31)27(3)15-20-7-9-21(25)10-8-20/h4-10H,11-17H2,1-3H3,(H,26,30). The summed E-state index contributed by atoms with van der Waals surface area (Å²) in [5.74, 6) is -0.259. The van der Waals surface area contributed by atoms with Gasteiger partial charge in [-0.2, -0.15) is 0 Å². The second-order valence-electron chi connectivity index (χ2n) is 8.24. The van der Waals surface area contributed by atoms with Gasteiger partial charge >= 0.3 is 0 Å². The summed E-state index contributed by atoms with van der Waals surface area (Å²) in [5.41, 5.74) is 3.90. The van der Waals surface area contributed by atoms with E-state index in [0.29, 0.717) is 19.6 Å². The van der Waals surface area contributed by atoms with Gasteiger partial charge in [0.25, 0.3) is 0 Å². The van der Waals surface area contributed by atoms with Gasteiger partial charge in [-0.3, -0.25) is 19.4 Å². The summed E-state index contributed by atoms with van der Waals surface area (Å²) in [6.45, 7) is 8.11. The summed E-state index contributed by atoms with van der Waals surface area (Å²) < 4.78 is 13.0. The maximum absolute atomic E-state index is 13.0. The Balaban J connectivity index is 1.41. The Bertz CT molecular complexity index is 888. The number of hydrogen-bond donors (Lipinski definition) is 1. The van der Waals surface area contributed by atoms with Gasteiger partial charge in [-0.25, -0.2) is 4.39 Å². The van der Waals surface area contributed by atoms with Crippen LogP contribution in [-0.4, -0.2) is 72.8 Å². The summed E-state index contributed by atoms with van der Waals surface area (Å²) in [5, 5.41) is 3.03. The number of halogens is 1. The van der Waals surface area contributed by atoms with Gasteiger partial charge in [-0.05, 0) is 42.7 Å². The summed E-state index contributed by atoms with van der Waals surface area (Å²) in [7, 11) is 1.76. The average Bonchev–Trinajstić information content (AvgIpc) is 2.74. The minimum Gasteiger partial charge on any atom is -0.340 e. The molecule has 7 heteroatoms. The van der Waals surface area contributed by atoms with Gasteiger partial charge in [-0.15, -0.1) is 0 Å². The lowest BCUT2D eigenvalue weighted by molar-refractivity contribution is -0.132. The van der Waals surface area contributed by atoms with Gasteiger partial charge in [0.15, 0.2) is 0 Å². The van der Waals surface area contributed by atoms with Crippen LogP contribution < -0.4 is 5.32 Å². The summed E-state index contributed by atoms with van der Waals surface area (Å²) in [6.07, 6.45) is 0. The molecule has 3 rings (SSSR count). The van der Waals surface area contributed by atoms with E-state index >= 15 is 0 Å². The van der Waals surface area contributed by atoms with Crippen molar-refractivity contribution >= 4 is 17.5 Å². The van der Waals surface area contributed by atoms with E-state index in [-0.39, 0.29) is 17.6 Å². The van der Waals surface area contributed by atoms with Crippen molar-refractivity contribution in [1.82, 2.24) is 14.7 Å². The molecular formula is C24H31FN4O2. The van der Waals surface area contributed by atoms with E-state index in [1.54, 1.807) is 24.1 Å². The number of carbonyl (C=O) groups is 2. The third kappa shape index (κ3) is 6.60. The molecule has 1 fully saturated rings. The molecule has 0 aromatic heterocycles. The minimum atomic E-state index is -0.279. The number of para-hydroxylation sites is 1. The third-order valence-electron chi connectivity index (χ3n) is 5.70. The number of likely N-dealkylation sites (N-methyl/N-ethyl adjacent to an activating group) is 1. The van der Waals surface area contributed by atoms with Gasteiger partial charge in [0.2, 0.25) is 11.8 Å². The van der Waals surface area contributed by atoms with Crippen LogP contribution in [0.2, 0.25) is 0 Å². The lowest BCUT2D eigenvalue weighted by Crippen LogP contribution is -2.51. The fourth-order valence-corrected chi connectivity index (χ4v) is 3.76. The van der Waals surface area contributed by atoms with Gasteiger partial charge in [0, 0.05) is 45.5 Å². The van der Waals surface area contributed by atoms with Crippen molar-refractivity contribution in [3.63, 3.8) is 0 Å². The first-order chi connectivity index (χ1) is 14.8. The minimum absolute atomic E-state index is 0.0130. The molecule has 0 radical (unpaired) electrons. The lowest BCUT2D eigenvalue weighted by atomic mass is 10.1. The molecule has 2 aromatic rings.